The first-order valence-electron chi connectivity index (χ1n) is 0.965. The first-order valence-corrected chi connectivity index (χ1v) is 2.04. The molecule has 1 atom stereocenters. The molecule has 5 heteroatoms. The summed E-state index contributed by atoms with van der Waals surface area (Å²) in [6, 6.07) is 0. The molecule has 0 aliphatic rings. The highest BCUT2D eigenvalue weighted by Gasteiger charge is 1.88. The largest absolute Gasteiger partial charge is 0.764 e. The van der Waals surface area contributed by atoms with E-state index in [1.807, 2.05) is 0 Å². The Bertz CT molecular complexity index is 73.5. The van der Waals surface area contributed by atoms with Gasteiger partial charge in [-0.15, -0.1) is 0 Å². The summed E-state index contributed by atoms with van der Waals surface area (Å²) in [7, 11) is 0. The van der Waals surface area contributed by atoms with Crippen molar-refractivity contribution in [3.63, 3.8) is 0 Å². The molecule has 0 aliphatic carbocycles. The summed E-state index contributed by atoms with van der Waals surface area (Å²) in [4.78, 5) is 9.09. The van der Waals surface area contributed by atoms with Gasteiger partial charge in [0.15, 0.2) is 0 Å². The summed E-state index contributed by atoms with van der Waals surface area (Å²) < 4.78 is 18.2. The van der Waals surface area contributed by atoms with E-state index < -0.39 is 16.4 Å². The molecule has 1 unspecified atom stereocenters. The molecule has 0 aliphatic heterocycles. The van der Waals surface area contributed by atoms with Crippen molar-refractivity contribution in [2.45, 2.75) is 0 Å². The highest BCUT2D eigenvalue weighted by Crippen LogP contribution is 1.69. The van der Waals surface area contributed by atoms with E-state index >= 15 is 0 Å². The van der Waals surface area contributed by atoms with Gasteiger partial charge in [-0.1, -0.05) is 0 Å². The molecule has 36 valence electrons. The SMILES string of the molecule is O=C(O)S(=O)[O-]. The van der Waals surface area contributed by atoms with Crippen LogP contribution in [-0.2, 0) is 11.1 Å². The van der Waals surface area contributed by atoms with Crippen LogP contribution < -0.4 is 0 Å². The summed E-state index contributed by atoms with van der Waals surface area (Å²) in [6.45, 7) is 0. The van der Waals surface area contributed by atoms with E-state index in [-0.39, 0.29) is 0 Å². The molecule has 0 fully saturated rings. The predicted octanol–water partition coefficient (Wildman–Crippen LogP) is -0.456. The lowest BCUT2D eigenvalue weighted by molar-refractivity contribution is 0.218. The Kier molecular flexibility index (Phi) is 1.75. The maximum absolute atomic E-state index is 9.10. The fourth-order valence-electron chi connectivity index (χ4n) is 0. The molecular weight excluding hydrogens is 108 g/mol. The van der Waals surface area contributed by atoms with Crippen LogP contribution in [0.4, 0.5) is 4.79 Å². The molecule has 0 heterocycles. The summed E-state index contributed by atoms with van der Waals surface area (Å²) in [6.07, 6.45) is 0. The molecule has 0 bridgehead atoms. The number of carboxylic acid groups (broad SMARTS) is 1. The van der Waals surface area contributed by atoms with Gasteiger partial charge in [-0.25, -0.2) is 4.79 Å². The van der Waals surface area contributed by atoms with E-state index in [9.17, 15) is 0 Å². The Morgan fingerprint density at radius 3 is 2.00 bits per heavy atom. The molecule has 0 saturated carbocycles. The molecular formula is CHO4S-. The van der Waals surface area contributed by atoms with Gasteiger partial charge in [-0.3, -0.25) is 4.21 Å². The molecule has 0 spiro atoms. The van der Waals surface area contributed by atoms with Crippen LogP contribution >= 0.6 is 0 Å². The third kappa shape index (κ3) is 1.86. The third-order valence-electron chi connectivity index (χ3n) is 0.143. The van der Waals surface area contributed by atoms with Crippen LogP contribution in [0.5, 0.6) is 0 Å². The summed E-state index contributed by atoms with van der Waals surface area (Å²) in [5.41, 5.74) is 0. The molecule has 0 amide bonds. The van der Waals surface area contributed by atoms with Crippen LogP contribution in [0.15, 0.2) is 0 Å². The van der Waals surface area contributed by atoms with Gasteiger partial charge in [0.2, 0.25) is 0 Å². The van der Waals surface area contributed by atoms with Crippen molar-refractivity contribution >= 4 is 16.4 Å². The van der Waals surface area contributed by atoms with Crippen LogP contribution in [-0.4, -0.2) is 19.2 Å². The van der Waals surface area contributed by atoms with Crippen LogP contribution in [0.1, 0.15) is 0 Å². The van der Waals surface area contributed by atoms with Crippen LogP contribution in [0, 0.1) is 0 Å². The summed E-state index contributed by atoms with van der Waals surface area (Å²) >= 11 is -2.95. The van der Waals surface area contributed by atoms with Crippen molar-refractivity contribution in [3.05, 3.63) is 0 Å². The lowest BCUT2D eigenvalue weighted by Crippen LogP contribution is -1.99. The molecule has 1 N–H and O–H groups in total. The zero-order valence-corrected chi connectivity index (χ0v) is 3.40. The molecule has 0 rings (SSSR count). The van der Waals surface area contributed by atoms with Gasteiger partial charge in [0.05, 0.1) is 11.1 Å². The normalized spacial score (nSPS) is 13.5. The molecule has 0 aromatic heterocycles. The Hall–Kier alpha value is -0.420. The van der Waals surface area contributed by atoms with E-state index in [1.54, 1.807) is 0 Å². The Morgan fingerprint density at radius 2 is 2.00 bits per heavy atom. The number of hydrogen-bond donors (Lipinski definition) is 1. The van der Waals surface area contributed by atoms with Crippen LogP contribution in [0.2, 0.25) is 0 Å². The minimum atomic E-state index is -2.95. The van der Waals surface area contributed by atoms with Crippen molar-refractivity contribution < 1.29 is 18.7 Å². The Balaban J connectivity index is 3.57. The maximum atomic E-state index is 9.10. The zero-order valence-electron chi connectivity index (χ0n) is 2.58. The quantitative estimate of drug-likeness (QED) is 0.427. The second-order valence-electron chi connectivity index (χ2n) is 0.501. The molecule has 0 radical (unpaired) electrons. The average Bonchev–Trinajstić information content (AvgIpc) is 1.36. The molecule has 6 heavy (non-hydrogen) atoms. The highest BCUT2D eigenvalue weighted by atomic mass is 32.2. The second-order valence-corrected chi connectivity index (χ2v) is 1.32. The van der Waals surface area contributed by atoms with Gasteiger partial charge in [-0.05, 0) is 0 Å². The highest BCUT2D eigenvalue weighted by molar-refractivity contribution is 7.94. The van der Waals surface area contributed by atoms with Crippen molar-refractivity contribution in [2.24, 2.45) is 0 Å². The summed E-state index contributed by atoms with van der Waals surface area (Å²) in [5, 5.41) is 5.55. The van der Waals surface area contributed by atoms with E-state index in [0.717, 1.165) is 0 Å². The van der Waals surface area contributed by atoms with Crippen LogP contribution in [0.25, 0.3) is 0 Å². The molecule has 0 aromatic rings. The standard InChI is InChI=1S/CH2O4S/c2-1(3)6(4)5/h(H,2,3)(H,4,5)/p-1. The fraction of sp³-hybridized carbons (Fsp3) is 0. The molecule has 0 saturated heterocycles. The zero-order chi connectivity index (χ0) is 5.15. The van der Waals surface area contributed by atoms with Gasteiger partial charge in [0.1, 0.15) is 0 Å². The lowest BCUT2D eigenvalue weighted by Gasteiger charge is -1.90. The van der Waals surface area contributed by atoms with Crippen molar-refractivity contribution in [1.82, 2.24) is 0 Å². The lowest BCUT2D eigenvalue weighted by atomic mass is 11.6. The van der Waals surface area contributed by atoms with Crippen molar-refractivity contribution in [3.8, 4) is 0 Å². The number of rotatable bonds is 0. The van der Waals surface area contributed by atoms with E-state index in [4.69, 9.17) is 18.7 Å². The van der Waals surface area contributed by atoms with Crippen molar-refractivity contribution in [1.29, 1.82) is 0 Å². The second kappa shape index (κ2) is 1.89. The smallest absolute Gasteiger partial charge is 0.381 e. The minimum Gasteiger partial charge on any atom is -0.764 e. The van der Waals surface area contributed by atoms with E-state index in [1.165, 1.54) is 0 Å². The summed E-state index contributed by atoms with van der Waals surface area (Å²) in [5.74, 6) is 0. The van der Waals surface area contributed by atoms with Gasteiger partial charge in [0, 0.05) is 0 Å². The monoisotopic (exact) mass is 109 g/mol. The van der Waals surface area contributed by atoms with Gasteiger partial charge in [-0.2, -0.15) is 0 Å². The molecule has 0 aromatic carbocycles. The number of hydrogen-bond acceptors (Lipinski definition) is 3. The van der Waals surface area contributed by atoms with Crippen molar-refractivity contribution in [2.75, 3.05) is 0 Å². The van der Waals surface area contributed by atoms with E-state index in [2.05, 4.69) is 0 Å². The van der Waals surface area contributed by atoms with Crippen LogP contribution in [0.3, 0.4) is 0 Å². The van der Waals surface area contributed by atoms with Gasteiger partial charge in [0.25, 0.3) is 0 Å². The minimum absolute atomic E-state index is 1.82. The average molecular weight is 109 g/mol. The fourth-order valence-corrected chi connectivity index (χ4v) is 0. The number of carbonyl (C=O) groups is 1. The topological polar surface area (TPSA) is 77.4 Å². The molecule has 4 nitrogen and oxygen atoms in total. The van der Waals surface area contributed by atoms with Gasteiger partial charge >= 0.3 is 5.30 Å². The Morgan fingerprint density at radius 1 is 1.83 bits per heavy atom. The first kappa shape index (κ1) is 5.58. The van der Waals surface area contributed by atoms with Gasteiger partial charge < -0.3 is 9.66 Å². The Labute approximate surface area is 36.1 Å². The predicted molar refractivity (Wildman–Crippen MR) is 16.9 cm³/mol. The third-order valence-corrected chi connectivity index (χ3v) is 0.428. The van der Waals surface area contributed by atoms with E-state index in [0.29, 0.717) is 0 Å². The first-order chi connectivity index (χ1) is 2.64. The maximum Gasteiger partial charge on any atom is 0.381 e.